The summed E-state index contributed by atoms with van der Waals surface area (Å²) in [7, 11) is 0. The van der Waals surface area contributed by atoms with Crippen molar-refractivity contribution in [2.45, 2.75) is 13.0 Å². The Morgan fingerprint density at radius 1 is 1.38 bits per heavy atom. The molecule has 1 aromatic carbocycles. The number of thioether (sulfide) groups is 1. The van der Waals surface area contributed by atoms with Gasteiger partial charge in [0.15, 0.2) is 0 Å². The molecule has 0 bridgehead atoms. The monoisotopic (exact) mass is 306 g/mol. The molecule has 2 rings (SSSR count). The van der Waals surface area contributed by atoms with Crippen molar-refractivity contribution in [3.63, 3.8) is 0 Å². The molecule has 1 fully saturated rings. The third-order valence-electron chi connectivity index (χ3n) is 3.21. The Balaban J connectivity index is 1.96. The fraction of sp³-hybridized carbons (Fsp3) is 0.333. The lowest BCUT2D eigenvalue weighted by molar-refractivity contribution is -0.131. The highest BCUT2D eigenvalue weighted by atomic mass is 32.2. The average molecular weight is 306 g/mol. The topological polar surface area (TPSA) is 69.6 Å². The molecule has 2 amide bonds. The summed E-state index contributed by atoms with van der Waals surface area (Å²) < 4.78 is 0. The number of nitrogens with zero attached hydrogens (tertiary/aromatic N) is 1. The summed E-state index contributed by atoms with van der Waals surface area (Å²) in [6.07, 6.45) is 2.60. The van der Waals surface area contributed by atoms with Crippen molar-refractivity contribution in [3.8, 4) is 0 Å². The lowest BCUT2D eigenvalue weighted by Crippen LogP contribution is -2.46. The van der Waals surface area contributed by atoms with Crippen LogP contribution in [0.15, 0.2) is 30.3 Å². The highest BCUT2D eigenvalue weighted by Gasteiger charge is 2.23. The van der Waals surface area contributed by atoms with Crippen molar-refractivity contribution in [2.24, 2.45) is 0 Å². The van der Waals surface area contributed by atoms with Crippen LogP contribution in [0.25, 0.3) is 6.08 Å². The summed E-state index contributed by atoms with van der Waals surface area (Å²) in [4.78, 5) is 24.5. The second-order valence-corrected chi connectivity index (χ2v) is 5.99. The molecule has 0 spiro atoms. The first-order chi connectivity index (χ1) is 10.1. The van der Waals surface area contributed by atoms with E-state index in [4.69, 9.17) is 5.11 Å². The number of aliphatic carboxylic acids is 1. The van der Waals surface area contributed by atoms with Crippen molar-refractivity contribution < 1.29 is 14.7 Å². The zero-order valence-electron chi connectivity index (χ0n) is 11.8. The number of carboxylic acid groups (broad SMARTS) is 1. The highest BCUT2D eigenvalue weighted by Crippen LogP contribution is 2.18. The van der Waals surface area contributed by atoms with Crippen LogP contribution in [0.5, 0.6) is 0 Å². The Morgan fingerprint density at radius 2 is 2.10 bits per heavy atom. The Morgan fingerprint density at radius 3 is 2.71 bits per heavy atom. The van der Waals surface area contributed by atoms with E-state index in [1.54, 1.807) is 24.3 Å². The van der Waals surface area contributed by atoms with Crippen LogP contribution >= 0.6 is 11.8 Å². The number of carbonyl (C=O) groups excluding carboxylic acids is 1. The molecule has 1 aliphatic heterocycles. The molecule has 1 atom stereocenters. The van der Waals surface area contributed by atoms with E-state index in [0.29, 0.717) is 5.69 Å². The Hall–Kier alpha value is -1.95. The third-order valence-corrected chi connectivity index (χ3v) is 4.40. The fourth-order valence-corrected chi connectivity index (χ4v) is 3.08. The SMILES string of the molecule is CC1CSCCN1C(=O)Nc1ccc(C=CC(=O)O)cc1. The van der Waals surface area contributed by atoms with E-state index in [1.807, 2.05) is 23.6 Å². The minimum Gasteiger partial charge on any atom is -0.478 e. The molecular weight excluding hydrogens is 288 g/mol. The van der Waals surface area contributed by atoms with Gasteiger partial charge >= 0.3 is 12.0 Å². The van der Waals surface area contributed by atoms with Crippen LogP contribution in [-0.4, -0.2) is 46.1 Å². The quantitative estimate of drug-likeness (QED) is 0.843. The lowest BCUT2D eigenvalue weighted by Gasteiger charge is -2.33. The van der Waals surface area contributed by atoms with Gasteiger partial charge in [-0.05, 0) is 30.7 Å². The predicted octanol–water partition coefficient (Wildman–Crippen LogP) is 2.75. The molecule has 1 aliphatic rings. The summed E-state index contributed by atoms with van der Waals surface area (Å²) in [5, 5.41) is 11.4. The van der Waals surface area contributed by atoms with Crippen LogP contribution in [-0.2, 0) is 4.79 Å². The van der Waals surface area contributed by atoms with Gasteiger partial charge in [0.1, 0.15) is 0 Å². The van der Waals surface area contributed by atoms with Crippen LogP contribution in [0.1, 0.15) is 12.5 Å². The number of urea groups is 1. The zero-order valence-corrected chi connectivity index (χ0v) is 12.6. The molecule has 0 radical (unpaired) electrons. The van der Waals surface area contributed by atoms with E-state index < -0.39 is 5.97 Å². The van der Waals surface area contributed by atoms with Gasteiger partial charge in [-0.3, -0.25) is 0 Å². The van der Waals surface area contributed by atoms with Crippen LogP contribution in [0.3, 0.4) is 0 Å². The minimum absolute atomic E-state index is 0.0865. The maximum absolute atomic E-state index is 12.2. The van der Waals surface area contributed by atoms with Gasteiger partial charge in [0, 0.05) is 35.9 Å². The summed E-state index contributed by atoms with van der Waals surface area (Å²) >= 11 is 1.86. The van der Waals surface area contributed by atoms with Gasteiger partial charge in [0.05, 0.1) is 0 Å². The van der Waals surface area contributed by atoms with Gasteiger partial charge in [-0.1, -0.05) is 12.1 Å². The van der Waals surface area contributed by atoms with Crippen molar-refractivity contribution >= 4 is 35.5 Å². The number of carbonyl (C=O) groups is 2. The summed E-state index contributed by atoms with van der Waals surface area (Å²) in [5.74, 6) is 0.951. The van der Waals surface area contributed by atoms with Crippen molar-refractivity contribution in [3.05, 3.63) is 35.9 Å². The van der Waals surface area contributed by atoms with E-state index in [1.165, 1.54) is 6.08 Å². The first kappa shape index (κ1) is 15.4. The van der Waals surface area contributed by atoms with E-state index in [0.717, 1.165) is 29.7 Å². The van der Waals surface area contributed by atoms with Crippen molar-refractivity contribution in [1.29, 1.82) is 0 Å². The van der Waals surface area contributed by atoms with Crippen LogP contribution in [0.4, 0.5) is 10.5 Å². The molecule has 1 heterocycles. The smallest absolute Gasteiger partial charge is 0.328 e. The van der Waals surface area contributed by atoms with Gasteiger partial charge < -0.3 is 15.3 Å². The Kier molecular flexibility index (Phi) is 5.27. The molecule has 5 nitrogen and oxygen atoms in total. The van der Waals surface area contributed by atoms with Gasteiger partial charge in [0.2, 0.25) is 0 Å². The number of nitrogens with one attached hydrogen (secondary N) is 1. The molecular formula is C15H18N2O3S. The Labute approximate surface area is 128 Å². The van der Waals surface area contributed by atoms with E-state index in [-0.39, 0.29) is 12.1 Å². The lowest BCUT2D eigenvalue weighted by atomic mass is 10.2. The molecule has 6 heteroatoms. The average Bonchev–Trinajstić information content (AvgIpc) is 2.47. The number of amides is 2. The number of rotatable bonds is 3. The maximum atomic E-state index is 12.2. The molecule has 1 unspecified atom stereocenters. The first-order valence-corrected chi connectivity index (χ1v) is 7.88. The van der Waals surface area contributed by atoms with E-state index in [2.05, 4.69) is 5.32 Å². The molecule has 21 heavy (non-hydrogen) atoms. The standard InChI is InChI=1S/C15H18N2O3S/c1-11-10-21-9-8-17(11)15(20)16-13-5-2-12(3-6-13)4-7-14(18)19/h2-7,11H,8-10H2,1H3,(H,16,20)(H,18,19). The maximum Gasteiger partial charge on any atom is 0.328 e. The Bertz CT molecular complexity index is 542. The second kappa shape index (κ2) is 7.17. The predicted molar refractivity (Wildman–Crippen MR) is 85.6 cm³/mol. The van der Waals surface area contributed by atoms with Crippen LogP contribution < -0.4 is 5.32 Å². The van der Waals surface area contributed by atoms with Crippen LogP contribution in [0, 0.1) is 0 Å². The number of benzene rings is 1. The number of carboxylic acids is 1. The fourth-order valence-electron chi connectivity index (χ4n) is 2.07. The summed E-state index contributed by atoms with van der Waals surface area (Å²) in [6, 6.07) is 7.22. The molecule has 112 valence electrons. The van der Waals surface area contributed by atoms with Crippen molar-refractivity contribution in [2.75, 3.05) is 23.4 Å². The molecule has 1 saturated heterocycles. The van der Waals surface area contributed by atoms with E-state index in [9.17, 15) is 9.59 Å². The number of hydrogen-bond acceptors (Lipinski definition) is 3. The molecule has 0 aliphatic carbocycles. The van der Waals surface area contributed by atoms with E-state index >= 15 is 0 Å². The number of anilines is 1. The molecule has 2 N–H and O–H groups in total. The van der Waals surface area contributed by atoms with Gasteiger partial charge in [-0.25, -0.2) is 9.59 Å². The zero-order chi connectivity index (χ0) is 15.2. The van der Waals surface area contributed by atoms with Crippen molar-refractivity contribution in [1.82, 2.24) is 4.90 Å². The number of hydrogen-bond donors (Lipinski definition) is 2. The van der Waals surface area contributed by atoms with Gasteiger partial charge in [-0.2, -0.15) is 11.8 Å². The summed E-state index contributed by atoms with van der Waals surface area (Å²) in [5.41, 5.74) is 1.48. The normalized spacial score (nSPS) is 18.7. The van der Waals surface area contributed by atoms with Crippen LogP contribution in [0.2, 0.25) is 0 Å². The third kappa shape index (κ3) is 4.53. The molecule has 0 saturated carbocycles. The molecule has 1 aromatic rings. The largest absolute Gasteiger partial charge is 0.478 e. The molecule has 0 aromatic heterocycles. The minimum atomic E-state index is -0.982. The second-order valence-electron chi connectivity index (χ2n) is 4.84. The highest BCUT2D eigenvalue weighted by molar-refractivity contribution is 7.99. The summed E-state index contributed by atoms with van der Waals surface area (Å²) in [6.45, 7) is 2.81. The first-order valence-electron chi connectivity index (χ1n) is 6.72. The van der Waals surface area contributed by atoms with Gasteiger partial charge in [0.25, 0.3) is 0 Å². The van der Waals surface area contributed by atoms with Gasteiger partial charge in [-0.15, -0.1) is 0 Å².